The third-order valence-corrected chi connectivity index (χ3v) is 2.41. The van der Waals surface area contributed by atoms with E-state index in [2.05, 4.69) is 23.8 Å². The summed E-state index contributed by atoms with van der Waals surface area (Å²) in [6.45, 7) is 9.68. The maximum absolute atomic E-state index is 11.4. The fraction of sp³-hybridized carbons (Fsp3) is 0.923. The Morgan fingerprint density at radius 3 is 2.35 bits per heavy atom. The van der Waals surface area contributed by atoms with Crippen molar-refractivity contribution >= 4 is 5.97 Å². The predicted molar refractivity (Wildman–Crippen MR) is 65.9 cm³/mol. The van der Waals surface area contributed by atoms with Crippen LogP contribution in [0.1, 0.15) is 66.7 Å². The average molecular weight is 246 g/mol. The Hall–Kier alpha value is -0.610. The molecule has 0 aliphatic heterocycles. The molecule has 0 bridgehead atoms. The van der Waals surface area contributed by atoms with Gasteiger partial charge < -0.3 is 0 Å². The monoisotopic (exact) mass is 246 g/mol. The van der Waals surface area contributed by atoms with Crippen LogP contribution in [0.15, 0.2) is 0 Å². The van der Waals surface area contributed by atoms with Crippen LogP contribution in [0, 0.1) is 5.92 Å². The highest BCUT2D eigenvalue weighted by Crippen LogP contribution is 2.17. The van der Waals surface area contributed by atoms with Gasteiger partial charge in [-0.1, -0.05) is 33.1 Å². The fourth-order valence-corrected chi connectivity index (χ4v) is 1.37. The maximum Gasteiger partial charge on any atom is 0.345 e. The van der Waals surface area contributed by atoms with Gasteiger partial charge in [0.05, 0.1) is 12.0 Å². The molecule has 1 unspecified atom stereocenters. The number of hydrogen-bond donors (Lipinski definition) is 0. The molecule has 0 aliphatic carbocycles. The summed E-state index contributed by atoms with van der Waals surface area (Å²) in [5.74, 6) is 0.0119. The Bertz CT molecular complexity index is 208. The van der Waals surface area contributed by atoms with E-state index in [4.69, 9.17) is 4.89 Å². The summed E-state index contributed by atoms with van der Waals surface area (Å²) in [6.07, 6.45) is 4.72. The zero-order valence-corrected chi connectivity index (χ0v) is 11.7. The minimum absolute atomic E-state index is 0.364. The summed E-state index contributed by atoms with van der Waals surface area (Å²) in [4.78, 5) is 20.9. The highest BCUT2D eigenvalue weighted by atomic mass is 17.5. The highest BCUT2D eigenvalue weighted by Gasteiger charge is 2.17. The van der Waals surface area contributed by atoms with Gasteiger partial charge in [-0.15, -0.1) is 0 Å². The van der Waals surface area contributed by atoms with Crippen molar-refractivity contribution in [3.8, 4) is 0 Å². The van der Waals surface area contributed by atoms with Gasteiger partial charge in [0, 0.05) is 0 Å². The van der Waals surface area contributed by atoms with Crippen molar-refractivity contribution in [3.63, 3.8) is 0 Å². The van der Waals surface area contributed by atoms with Crippen LogP contribution in [0.2, 0.25) is 0 Å². The van der Waals surface area contributed by atoms with Crippen LogP contribution >= 0.6 is 0 Å². The number of hydrogen-bond acceptors (Lipinski definition) is 4. The average Bonchev–Trinajstić information content (AvgIpc) is 2.22. The largest absolute Gasteiger partial charge is 0.345 e. The molecule has 1 atom stereocenters. The predicted octanol–water partition coefficient (Wildman–Crippen LogP) is 3.80. The van der Waals surface area contributed by atoms with Gasteiger partial charge in [0.2, 0.25) is 0 Å². The molecule has 17 heavy (non-hydrogen) atoms. The highest BCUT2D eigenvalue weighted by molar-refractivity contribution is 5.68. The van der Waals surface area contributed by atoms with Gasteiger partial charge in [0.25, 0.3) is 0 Å². The van der Waals surface area contributed by atoms with Crippen molar-refractivity contribution in [1.29, 1.82) is 0 Å². The van der Waals surface area contributed by atoms with E-state index in [-0.39, 0.29) is 5.97 Å². The van der Waals surface area contributed by atoms with E-state index in [0.29, 0.717) is 12.3 Å². The van der Waals surface area contributed by atoms with Gasteiger partial charge >= 0.3 is 5.97 Å². The first-order chi connectivity index (χ1) is 7.89. The maximum atomic E-state index is 11.4. The van der Waals surface area contributed by atoms with E-state index in [1.165, 1.54) is 0 Å². The molecule has 0 aliphatic rings. The SMILES string of the molecule is CCCCC(CC)CC(=O)OOOC(C)(C)C. The van der Waals surface area contributed by atoms with Crippen LogP contribution in [0.25, 0.3) is 0 Å². The molecular formula is C13H26O4. The lowest BCUT2D eigenvalue weighted by Gasteiger charge is -2.16. The molecule has 102 valence electrons. The molecule has 0 heterocycles. The van der Waals surface area contributed by atoms with Crippen LogP contribution in [-0.4, -0.2) is 11.6 Å². The smallest absolute Gasteiger partial charge is 0.269 e. The summed E-state index contributed by atoms with van der Waals surface area (Å²) < 4.78 is 0. The Balaban J connectivity index is 3.75. The number of carbonyl (C=O) groups is 1. The Morgan fingerprint density at radius 2 is 1.88 bits per heavy atom. The molecule has 0 aromatic heterocycles. The van der Waals surface area contributed by atoms with E-state index < -0.39 is 5.60 Å². The summed E-state index contributed by atoms with van der Waals surface area (Å²) in [6, 6.07) is 0. The minimum Gasteiger partial charge on any atom is -0.269 e. The summed E-state index contributed by atoms with van der Waals surface area (Å²) >= 11 is 0. The summed E-state index contributed by atoms with van der Waals surface area (Å²) in [5.41, 5.74) is -0.480. The van der Waals surface area contributed by atoms with Crippen LogP contribution in [0.5, 0.6) is 0 Å². The number of carbonyl (C=O) groups excluding carboxylic acids is 1. The van der Waals surface area contributed by atoms with E-state index in [0.717, 1.165) is 25.7 Å². The van der Waals surface area contributed by atoms with Crippen molar-refractivity contribution < 1.29 is 19.6 Å². The van der Waals surface area contributed by atoms with Crippen LogP contribution in [-0.2, 0) is 19.6 Å². The fourth-order valence-electron chi connectivity index (χ4n) is 1.37. The molecule has 0 radical (unpaired) electrons. The molecule has 0 spiro atoms. The van der Waals surface area contributed by atoms with Crippen molar-refractivity contribution in [2.24, 2.45) is 5.92 Å². The molecule has 0 fully saturated rings. The van der Waals surface area contributed by atoms with Crippen molar-refractivity contribution in [1.82, 2.24) is 0 Å². The third-order valence-electron chi connectivity index (χ3n) is 2.41. The van der Waals surface area contributed by atoms with E-state index in [9.17, 15) is 4.79 Å². The summed E-state index contributed by atoms with van der Waals surface area (Å²) in [5, 5.41) is 4.46. The van der Waals surface area contributed by atoms with Crippen molar-refractivity contribution in [3.05, 3.63) is 0 Å². The normalized spacial score (nSPS) is 13.5. The molecule has 0 N–H and O–H groups in total. The second-order valence-corrected chi connectivity index (χ2v) is 5.34. The molecule has 0 aromatic rings. The van der Waals surface area contributed by atoms with Crippen LogP contribution in [0.4, 0.5) is 0 Å². The topological polar surface area (TPSA) is 44.8 Å². The second-order valence-electron chi connectivity index (χ2n) is 5.34. The second kappa shape index (κ2) is 8.48. The van der Waals surface area contributed by atoms with E-state index in [1.54, 1.807) is 0 Å². The molecule has 4 nitrogen and oxygen atoms in total. The molecular weight excluding hydrogens is 220 g/mol. The van der Waals surface area contributed by atoms with Gasteiger partial charge in [0.1, 0.15) is 0 Å². The minimum atomic E-state index is -0.480. The number of rotatable bonds is 8. The lowest BCUT2D eigenvalue weighted by Crippen LogP contribution is -2.21. The molecule has 0 rings (SSSR count). The van der Waals surface area contributed by atoms with Gasteiger partial charge in [-0.3, -0.25) is 4.89 Å². The van der Waals surface area contributed by atoms with Crippen LogP contribution < -0.4 is 0 Å². The Labute approximate surface area is 104 Å². The van der Waals surface area contributed by atoms with E-state index in [1.807, 2.05) is 20.8 Å². The van der Waals surface area contributed by atoms with Gasteiger partial charge in [0.15, 0.2) is 0 Å². The van der Waals surface area contributed by atoms with Crippen molar-refractivity contribution in [2.75, 3.05) is 0 Å². The zero-order valence-electron chi connectivity index (χ0n) is 11.7. The van der Waals surface area contributed by atoms with E-state index >= 15 is 0 Å². The van der Waals surface area contributed by atoms with Gasteiger partial charge in [-0.2, -0.15) is 4.89 Å². The van der Waals surface area contributed by atoms with Crippen LogP contribution in [0.3, 0.4) is 0 Å². The molecule has 0 saturated heterocycles. The third kappa shape index (κ3) is 10.3. The van der Waals surface area contributed by atoms with Gasteiger partial charge in [-0.05, 0) is 38.1 Å². The Morgan fingerprint density at radius 1 is 1.24 bits per heavy atom. The standard InChI is InChI=1S/C13H26O4/c1-6-8-9-11(7-2)10-12(14)15-17-16-13(3,4)5/h11H,6-10H2,1-5H3. The summed E-state index contributed by atoms with van der Waals surface area (Å²) in [7, 11) is 0. The number of unbranched alkanes of at least 4 members (excludes halogenated alkanes) is 1. The Kier molecular flexibility index (Phi) is 8.17. The molecule has 0 saturated carbocycles. The lowest BCUT2D eigenvalue weighted by molar-refractivity contribution is -0.514. The quantitative estimate of drug-likeness (QED) is 0.482. The van der Waals surface area contributed by atoms with Crippen molar-refractivity contribution in [2.45, 2.75) is 72.3 Å². The van der Waals surface area contributed by atoms with Gasteiger partial charge in [-0.25, -0.2) is 4.79 Å². The first kappa shape index (κ1) is 16.4. The molecule has 0 amide bonds. The first-order valence-electron chi connectivity index (χ1n) is 6.44. The lowest BCUT2D eigenvalue weighted by atomic mass is 9.96. The molecule has 4 heteroatoms. The first-order valence-corrected chi connectivity index (χ1v) is 6.44. The zero-order chi connectivity index (χ0) is 13.3. The molecule has 0 aromatic carbocycles.